The average Bonchev–Trinajstić information content (AvgIpc) is 3.60. The highest BCUT2D eigenvalue weighted by atomic mass is 16.5. The van der Waals surface area contributed by atoms with E-state index in [0.717, 1.165) is 61.1 Å². The Kier molecular flexibility index (Phi) is 5.40. The average molecular weight is 450 g/mol. The molecular formula is C22H27N9O2. The number of rotatable bonds is 5. The van der Waals surface area contributed by atoms with Crippen molar-refractivity contribution < 1.29 is 9.47 Å². The van der Waals surface area contributed by atoms with Crippen LogP contribution in [0.2, 0.25) is 0 Å². The smallest absolute Gasteiger partial charge is 0.225 e. The minimum Gasteiger partial charge on any atom is -0.474 e. The van der Waals surface area contributed by atoms with Crippen LogP contribution in [0.1, 0.15) is 37.3 Å². The van der Waals surface area contributed by atoms with Gasteiger partial charge in [-0.25, -0.2) is 10.5 Å². The fourth-order valence-electron chi connectivity index (χ4n) is 4.69. The number of amidine groups is 1. The SMILES string of the molecule is c1cn(C2CCC(Oc3nc(N4CCOCC4)cc4ncc(C5=NNNN5)cc34)CC2)cn1. The van der Waals surface area contributed by atoms with Gasteiger partial charge in [-0.3, -0.25) is 10.4 Å². The van der Waals surface area contributed by atoms with Crippen molar-refractivity contribution in [1.29, 1.82) is 0 Å². The van der Waals surface area contributed by atoms with E-state index in [1.807, 2.05) is 37.1 Å². The van der Waals surface area contributed by atoms with Crippen LogP contribution < -0.4 is 26.1 Å². The molecule has 3 aromatic heterocycles. The van der Waals surface area contributed by atoms with Crippen molar-refractivity contribution in [1.82, 2.24) is 36.0 Å². The van der Waals surface area contributed by atoms with Gasteiger partial charge in [-0.15, -0.1) is 10.6 Å². The van der Waals surface area contributed by atoms with Crippen LogP contribution in [0, 0.1) is 0 Å². The Labute approximate surface area is 191 Å². The molecule has 5 heterocycles. The molecule has 2 fully saturated rings. The lowest BCUT2D eigenvalue weighted by Gasteiger charge is -2.31. The lowest BCUT2D eigenvalue weighted by atomic mass is 9.93. The van der Waals surface area contributed by atoms with Gasteiger partial charge in [0.15, 0.2) is 5.84 Å². The first-order chi connectivity index (χ1) is 16.3. The molecule has 1 saturated carbocycles. The highest BCUT2D eigenvalue weighted by molar-refractivity contribution is 6.02. The molecule has 11 nitrogen and oxygen atoms in total. The van der Waals surface area contributed by atoms with Crippen LogP contribution in [0.25, 0.3) is 10.9 Å². The molecule has 1 aliphatic carbocycles. The minimum atomic E-state index is 0.120. The molecule has 2 aliphatic heterocycles. The fraction of sp³-hybridized carbons (Fsp3) is 0.455. The first-order valence-electron chi connectivity index (χ1n) is 11.5. The van der Waals surface area contributed by atoms with Crippen LogP contribution in [0.4, 0.5) is 5.82 Å². The lowest BCUT2D eigenvalue weighted by Crippen LogP contribution is -2.37. The molecule has 0 spiro atoms. The van der Waals surface area contributed by atoms with Crippen molar-refractivity contribution in [3.8, 4) is 5.88 Å². The number of aromatic nitrogens is 4. The number of imidazole rings is 1. The number of hydrogen-bond donors (Lipinski definition) is 3. The molecular weight excluding hydrogens is 422 g/mol. The lowest BCUT2D eigenvalue weighted by molar-refractivity contribution is 0.121. The summed E-state index contributed by atoms with van der Waals surface area (Å²) in [6.45, 7) is 3.02. The zero-order valence-corrected chi connectivity index (χ0v) is 18.3. The first kappa shape index (κ1) is 20.2. The third kappa shape index (κ3) is 4.16. The van der Waals surface area contributed by atoms with Crippen molar-refractivity contribution in [2.24, 2.45) is 5.10 Å². The van der Waals surface area contributed by atoms with Crippen LogP contribution in [0.3, 0.4) is 0 Å². The maximum atomic E-state index is 6.56. The number of morpholine rings is 1. The summed E-state index contributed by atoms with van der Waals surface area (Å²) in [5, 5.41) is 5.08. The number of nitrogens with one attached hydrogen (secondary N) is 3. The molecule has 0 aromatic carbocycles. The molecule has 1 saturated heterocycles. The molecule has 33 heavy (non-hydrogen) atoms. The molecule has 3 N–H and O–H groups in total. The molecule has 0 unspecified atom stereocenters. The summed E-state index contributed by atoms with van der Waals surface area (Å²) in [4.78, 5) is 16.1. The standard InChI is InChI=1S/C22H27N9O2/c1-3-17(4-2-16(1)31-6-5-23-14-31)33-22-18-11-15(21-26-28-29-27-21)13-24-19(18)12-20(25-22)30-7-9-32-10-8-30/h5-6,11-14,16-17,28-29H,1-4,7-10H2,(H,26,27). The summed E-state index contributed by atoms with van der Waals surface area (Å²) in [6, 6.07) is 4.55. The van der Waals surface area contributed by atoms with Crippen molar-refractivity contribution in [2.75, 3.05) is 31.2 Å². The third-order valence-corrected chi connectivity index (χ3v) is 6.51. The Morgan fingerprint density at radius 2 is 1.97 bits per heavy atom. The fourth-order valence-corrected chi connectivity index (χ4v) is 4.69. The number of ether oxygens (including phenoxy) is 2. The number of hydrazine groups is 2. The van der Waals surface area contributed by atoms with E-state index < -0.39 is 0 Å². The van der Waals surface area contributed by atoms with Crippen molar-refractivity contribution in [3.63, 3.8) is 0 Å². The van der Waals surface area contributed by atoms with Crippen molar-refractivity contribution >= 4 is 22.6 Å². The predicted molar refractivity (Wildman–Crippen MR) is 123 cm³/mol. The van der Waals surface area contributed by atoms with Gasteiger partial charge in [-0.05, 0) is 31.7 Å². The summed E-state index contributed by atoms with van der Waals surface area (Å²) >= 11 is 0. The first-order valence-corrected chi connectivity index (χ1v) is 11.5. The maximum absolute atomic E-state index is 6.56. The second kappa shape index (κ2) is 8.83. The predicted octanol–water partition coefficient (Wildman–Crippen LogP) is 1.50. The van der Waals surface area contributed by atoms with E-state index in [-0.39, 0.29) is 6.10 Å². The summed E-state index contributed by atoms with van der Waals surface area (Å²) in [5.41, 5.74) is 10.1. The molecule has 11 heteroatoms. The van der Waals surface area contributed by atoms with Gasteiger partial charge in [0, 0.05) is 49.4 Å². The van der Waals surface area contributed by atoms with Gasteiger partial charge in [0.25, 0.3) is 0 Å². The number of fused-ring (bicyclic) bond motifs is 1. The Morgan fingerprint density at radius 1 is 1.09 bits per heavy atom. The quantitative estimate of drug-likeness (QED) is 0.533. The minimum absolute atomic E-state index is 0.120. The van der Waals surface area contributed by atoms with Crippen LogP contribution >= 0.6 is 0 Å². The van der Waals surface area contributed by atoms with Gasteiger partial charge in [0.2, 0.25) is 5.88 Å². The number of hydrogen-bond acceptors (Lipinski definition) is 10. The van der Waals surface area contributed by atoms with Gasteiger partial charge in [-0.1, -0.05) is 0 Å². The van der Waals surface area contributed by atoms with Gasteiger partial charge in [0.1, 0.15) is 11.9 Å². The Bertz CT molecular complexity index is 1140. The number of hydrazone groups is 1. The number of anilines is 1. The van der Waals surface area contributed by atoms with Crippen LogP contribution in [-0.4, -0.2) is 57.8 Å². The van der Waals surface area contributed by atoms with E-state index >= 15 is 0 Å². The normalized spacial score (nSPS) is 23.2. The van der Waals surface area contributed by atoms with Gasteiger partial charge in [-0.2, -0.15) is 4.98 Å². The van der Waals surface area contributed by atoms with Crippen molar-refractivity contribution in [2.45, 2.75) is 37.8 Å². The topological polar surface area (TPSA) is 114 Å². The maximum Gasteiger partial charge on any atom is 0.225 e. The second-order valence-electron chi connectivity index (χ2n) is 8.56. The van der Waals surface area contributed by atoms with E-state index in [1.54, 1.807) is 0 Å². The molecule has 172 valence electrons. The highest BCUT2D eigenvalue weighted by Gasteiger charge is 2.25. The van der Waals surface area contributed by atoms with E-state index in [4.69, 9.17) is 19.4 Å². The number of pyridine rings is 2. The summed E-state index contributed by atoms with van der Waals surface area (Å²) in [6.07, 6.45) is 11.8. The van der Waals surface area contributed by atoms with Crippen LogP contribution in [-0.2, 0) is 4.74 Å². The Hall–Kier alpha value is -3.44. The Morgan fingerprint density at radius 3 is 2.73 bits per heavy atom. The van der Waals surface area contributed by atoms with Gasteiger partial charge in [0.05, 0.1) is 30.4 Å². The monoisotopic (exact) mass is 449 g/mol. The zero-order valence-electron chi connectivity index (χ0n) is 18.3. The molecule has 3 aromatic rings. The molecule has 0 bridgehead atoms. The zero-order chi connectivity index (χ0) is 22.0. The molecule has 3 aliphatic rings. The van der Waals surface area contributed by atoms with Crippen LogP contribution in [0.15, 0.2) is 42.2 Å². The highest BCUT2D eigenvalue weighted by Crippen LogP contribution is 2.34. The molecule has 0 atom stereocenters. The van der Waals surface area contributed by atoms with E-state index in [0.29, 0.717) is 31.0 Å². The van der Waals surface area contributed by atoms with Gasteiger partial charge < -0.3 is 18.9 Å². The summed E-state index contributed by atoms with van der Waals surface area (Å²) in [5.74, 6) is 2.19. The summed E-state index contributed by atoms with van der Waals surface area (Å²) < 4.78 is 14.3. The van der Waals surface area contributed by atoms with Crippen LogP contribution in [0.5, 0.6) is 5.88 Å². The molecule has 6 rings (SSSR count). The summed E-state index contributed by atoms with van der Waals surface area (Å²) in [7, 11) is 0. The van der Waals surface area contributed by atoms with Crippen molar-refractivity contribution in [3.05, 3.63) is 42.6 Å². The number of nitrogens with zero attached hydrogens (tertiary/aromatic N) is 6. The second-order valence-corrected chi connectivity index (χ2v) is 8.56. The van der Waals surface area contributed by atoms with E-state index in [1.165, 1.54) is 0 Å². The van der Waals surface area contributed by atoms with E-state index in [9.17, 15) is 0 Å². The third-order valence-electron chi connectivity index (χ3n) is 6.51. The Balaban J connectivity index is 1.29. The molecule has 0 radical (unpaired) electrons. The van der Waals surface area contributed by atoms with E-state index in [2.05, 4.69) is 36.0 Å². The van der Waals surface area contributed by atoms with Gasteiger partial charge >= 0.3 is 0 Å². The largest absolute Gasteiger partial charge is 0.474 e. The molecule has 0 amide bonds.